The number of rotatable bonds is 2. The number of hydrogen-bond acceptors (Lipinski definition) is 2. The number of alkyl halides is 1. The van der Waals surface area contributed by atoms with Crippen molar-refractivity contribution in [3.05, 3.63) is 57.6 Å². The maximum atomic E-state index is 11.4. The number of nitrogens with one attached hydrogen (secondary N) is 1. The van der Waals surface area contributed by atoms with Crippen LogP contribution < -0.4 is 10.1 Å². The Bertz CT molecular complexity index is 715. The first-order valence-electron chi connectivity index (χ1n) is 6.51. The van der Waals surface area contributed by atoms with Gasteiger partial charge in [0.15, 0.2) is 6.61 Å². The van der Waals surface area contributed by atoms with Gasteiger partial charge in [-0.15, -0.1) is 0 Å². The Morgan fingerprint density at radius 1 is 1.19 bits per heavy atom. The van der Waals surface area contributed by atoms with Crippen molar-refractivity contribution in [2.24, 2.45) is 0 Å². The number of amides is 1. The smallest absolute Gasteiger partial charge is 0.262 e. The number of carbonyl (C=O) groups is 1. The van der Waals surface area contributed by atoms with Crippen molar-refractivity contribution in [2.45, 2.75) is 11.8 Å². The van der Waals surface area contributed by atoms with E-state index in [0.29, 0.717) is 5.75 Å². The Morgan fingerprint density at radius 3 is 2.67 bits per heavy atom. The molecule has 1 unspecified atom stereocenters. The Labute approximate surface area is 140 Å². The van der Waals surface area contributed by atoms with E-state index in [1.54, 1.807) is 0 Å². The largest absolute Gasteiger partial charge is 0.482 e. The molecule has 0 saturated heterocycles. The summed E-state index contributed by atoms with van der Waals surface area (Å²) in [6.07, 6.45) is 0. The Hall–Kier alpha value is -1.33. The standard InChI is InChI=1S/C16H13Br2NO2/c1-9-6-10(2-4-12(9)17)16(18)11-3-5-14-13(7-11)19-15(20)8-21-14/h2-7,16H,8H2,1H3,(H,19,20). The summed E-state index contributed by atoms with van der Waals surface area (Å²) in [5.41, 5.74) is 4.15. The van der Waals surface area contributed by atoms with E-state index in [9.17, 15) is 4.79 Å². The fourth-order valence-electron chi connectivity index (χ4n) is 2.28. The van der Waals surface area contributed by atoms with E-state index >= 15 is 0 Å². The molecule has 3 nitrogen and oxygen atoms in total. The molecule has 5 heteroatoms. The van der Waals surface area contributed by atoms with Crippen molar-refractivity contribution in [2.75, 3.05) is 11.9 Å². The van der Waals surface area contributed by atoms with Crippen LogP contribution in [0.1, 0.15) is 21.5 Å². The lowest BCUT2D eigenvalue weighted by Crippen LogP contribution is -2.25. The molecule has 1 N–H and O–H groups in total. The van der Waals surface area contributed by atoms with E-state index in [0.717, 1.165) is 15.7 Å². The predicted octanol–water partition coefficient (Wildman–Crippen LogP) is 4.57. The van der Waals surface area contributed by atoms with Gasteiger partial charge in [-0.3, -0.25) is 4.79 Å². The average Bonchev–Trinajstić information content (AvgIpc) is 2.48. The summed E-state index contributed by atoms with van der Waals surface area (Å²) < 4.78 is 6.47. The van der Waals surface area contributed by atoms with E-state index in [1.165, 1.54) is 11.1 Å². The van der Waals surface area contributed by atoms with Crippen LogP contribution in [0.25, 0.3) is 0 Å². The summed E-state index contributed by atoms with van der Waals surface area (Å²) >= 11 is 7.24. The van der Waals surface area contributed by atoms with Crippen LogP contribution in [0.4, 0.5) is 5.69 Å². The van der Waals surface area contributed by atoms with Crippen molar-refractivity contribution in [1.82, 2.24) is 0 Å². The molecule has 2 aromatic carbocycles. The van der Waals surface area contributed by atoms with Gasteiger partial charge in [0.25, 0.3) is 5.91 Å². The molecule has 1 heterocycles. The van der Waals surface area contributed by atoms with E-state index in [4.69, 9.17) is 4.74 Å². The number of ether oxygens (including phenoxy) is 1. The molecular weight excluding hydrogens is 398 g/mol. The molecule has 1 aliphatic heterocycles. The van der Waals surface area contributed by atoms with Gasteiger partial charge in [0.05, 0.1) is 10.5 Å². The summed E-state index contributed by atoms with van der Waals surface area (Å²) in [6.45, 7) is 2.14. The number of aryl methyl sites for hydroxylation is 1. The SMILES string of the molecule is Cc1cc(C(Br)c2ccc3c(c2)NC(=O)CO3)ccc1Br. The minimum atomic E-state index is -0.120. The molecule has 2 aromatic rings. The highest BCUT2D eigenvalue weighted by atomic mass is 79.9. The second-order valence-corrected chi connectivity index (χ2v) is 6.73. The van der Waals surface area contributed by atoms with Gasteiger partial charge in [0, 0.05) is 4.47 Å². The lowest BCUT2D eigenvalue weighted by molar-refractivity contribution is -0.118. The maximum absolute atomic E-state index is 11.4. The average molecular weight is 411 g/mol. The summed E-state index contributed by atoms with van der Waals surface area (Å²) in [6, 6.07) is 12.1. The molecule has 1 atom stereocenters. The molecular formula is C16H13Br2NO2. The maximum Gasteiger partial charge on any atom is 0.262 e. The van der Waals surface area contributed by atoms with Gasteiger partial charge in [-0.1, -0.05) is 50.1 Å². The molecule has 0 bridgehead atoms. The minimum Gasteiger partial charge on any atom is -0.482 e. The van der Waals surface area contributed by atoms with E-state index in [1.807, 2.05) is 24.3 Å². The monoisotopic (exact) mass is 409 g/mol. The zero-order chi connectivity index (χ0) is 15.0. The second kappa shape index (κ2) is 5.81. The van der Waals surface area contributed by atoms with Crippen LogP contribution in [-0.4, -0.2) is 12.5 Å². The van der Waals surface area contributed by atoms with Crippen molar-refractivity contribution < 1.29 is 9.53 Å². The molecule has 0 fully saturated rings. The van der Waals surface area contributed by atoms with Crippen LogP contribution in [0, 0.1) is 6.92 Å². The first kappa shape index (κ1) is 14.6. The molecule has 21 heavy (non-hydrogen) atoms. The topological polar surface area (TPSA) is 38.3 Å². The van der Waals surface area contributed by atoms with Crippen molar-refractivity contribution in [1.29, 1.82) is 0 Å². The van der Waals surface area contributed by atoms with Gasteiger partial charge in [-0.05, 0) is 41.8 Å². The zero-order valence-electron chi connectivity index (χ0n) is 11.3. The lowest BCUT2D eigenvalue weighted by Gasteiger charge is -2.20. The van der Waals surface area contributed by atoms with Crippen molar-refractivity contribution in [3.63, 3.8) is 0 Å². The highest BCUT2D eigenvalue weighted by molar-refractivity contribution is 9.10. The highest BCUT2D eigenvalue weighted by Crippen LogP contribution is 2.37. The Morgan fingerprint density at radius 2 is 1.90 bits per heavy atom. The van der Waals surface area contributed by atoms with E-state index in [-0.39, 0.29) is 17.3 Å². The molecule has 0 aliphatic carbocycles. The van der Waals surface area contributed by atoms with E-state index < -0.39 is 0 Å². The molecule has 1 aliphatic rings. The van der Waals surface area contributed by atoms with Crippen LogP contribution in [0.5, 0.6) is 5.75 Å². The lowest BCUT2D eigenvalue weighted by atomic mass is 10.0. The number of fused-ring (bicyclic) bond motifs is 1. The van der Waals surface area contributed by atoms with Gasteiger partial charge >= 0.3 is 0 Å². The van der Waals surface area contributed by atoms with Gasteiger partial charge in [0.2, 0.25) is 0 Å². The van der Waals surface area contributed by atoms with Crippen LogP contribution >= 0.6 is 31.9 Å². The van der Waals surface area contributed by atoms with Crippen molar-refractivity contribution >= 4 is 43.5 Å². The summed E-state index contributed by atoms with van der Waals surface area (Å²) in [5, 5.41) is 2.83. The first-order valence-corrected chi connectivity index (χ1v) is 8.22. The van der Waals surface area contributed by atoms with Gasteiger partial charge < -0.3 is 10.1 Å². The number of carbonyl (C=O) groups excluding carboxylic acids is 1. The third kappa shape index (κ3) is 2.99. The van der Waals surface area contributed by atoms with Crippen LogP contribution in [-0.2, 0) is 4.79 Å². The first-order chi connectivity index (χ1) is 10.0. The van der Waals surface area contributed by atoms with E-state index in [2.05, 4.69) is 56.2 Å². The third-order valence-corrected chi connectivity index (χ3v) is 5.35. The quantitative estimate of drug-likeness (QED) is 0.736. The second-order valence-electron chi connectivity index (χ2n) is 4.96. The molecule has 1 amide bonds. The Balaban J connectivity index is 1.94. The molecule has 0 aromatic heterocycles. The van der Waals surface area contributed by atoms with Crippen LogP contribution in [0.15, 0.2) is 40.9 Å². The summed E-state index contributed by atoms with van der Waals surface area (Å²) in [5.74, 6) is 0.593. The number of anilines is 1. The molecule has 3 rings (SSSR count). The third-order valence-electron chi connectivity index (χ3n) is 3.40. The molecule has 0 radical (unpaired) electrons. The number of hydrogen-bond donors (Lipinski definition) is 1. The zero-order valence-corrected chi connectivity index (χ0v) is 14.5. The number of halogens is 2. The normalized spacial score (nSPS) is 14.9. The molecule has 108 valence electrons. The van der Waals surface area contributed by atoms with Gasteiger partial charge in [0.1, 0.15) is 5.75 Å². The van der Waals surface area contributed by atoms with Gasteiger partial charge in [-0.25, -0.2) is 0 Å². The predicted molar refractivity (Wildman–Crippen MR) is 90.2 cm³/mol. The number of benzene rings is 2. The summed E-state index contributed by atoms with van der Waals surface area (Å²) in [4.78, 5) is 11.5. The molecule has 0 spiro atoms. The minimum absolute atomic E-state index is 0.0634. The fraction of sp³-hybridized carbons (Fsp3) is 0.188. The van der Waals surface area contributed by atoms with Crippen molar-refractivity contribution in [3.8, 4) is 5.75 Å². The molecule has 0 saturated carbocycles. The fourth-order valence-corrected chi connectivity index (χ4v) is 3.09. The van der Waals surface area contributed by atoms with Crippen LogP contribution in [0.2, 0.25) is 0 Å². The summed E-state index contributed by atoms with van der Waals surface area (Å²) in [7, 11) is 0. The highest BCUT2D eigenvalue weighted by Gasteiger charge is 2.19. The van der Waals surface area contributed by atoms with Crippen LogP contribution in [0.3, 0.4) is 0 Å². The Kier molecular flexibility index (Phi) is 4.04. The van der Waals surface area contributed by atoms with Gasteiger partial charge in [-0.2, -0.15) is 0 Å².